The van der Waals surface area contributed by atoms with Gasteiger partial charge in [0.1, 0.15) is 5.60 Å². The lowest BCUT2D eigenvalue weighted by Gasteiger charge is -2.27. The summed E-state index contributed by atoms with van der Waals surface area (Å²) in [6.45, 7) is 3.91. The molecule has 0 aromatic heterocycles. The van der Waals surface area contributed by atoms with Gasteiger partial charge in [-0.2, -0.15) is 10.6 Å². The van der Waals surface area contributed by atoms with Crippen LogP contribution in [0.15, 0.2) is 29.2 Å². The van der Waals surface area contributed by atoms with Gasteiger partial charge < -0.3 is 9.47 Å². The molecule has 0 spiro atoms. The van der Waals surface area contributed by atoms with Crippen molar-refractivity contribution in [3.8, 4) is 0 Å². The summed E-state index contributed by atoms with van der Waals surface area (Å²) in [5, 5.41) is 0. The molecule has 1 unspecified atom stereocenters. The predicted molar refractivity (Wildman–Crippen MR) is 67.3 cm³/mol. The van der Waals surface area contributed by atoms with Gasteiger partial charge in [-0.25, -0.2) is 0 Å². The second-order valence-corrected chi connectivity index (χ2v) is 6.93. The molecular formula is C12H18O4S. The van der Waals surface area contributed by atoms with Gasteiger partial charge in [-0.1, -0.05) is 12.1 Å². The molecule has 1 aromatic rings. The first kappa shape index (κ1) is 12.9. The maximum absolute atomic E-state index is 9.53. The first-order chi connectivity index (χ1) is 7.73. The standard InChI is InChI=1S/C12H18O4S/c1-11(2)12(15-3,16-11)9-5-7-10(8-6-9)17(4,13)14/h5-8,13-14H,1-4H3. The normalized spacial score (nSPS) is 27.9. The van der Waals surface area contributed by atoms with E-state index in [0.717, 1.165) is 5.56 Å². The summed E-state index contributed by atoms with van der Waals surface area (Å²) in [5.41, 5.74) is 0.537. The molecule has 1 aromatic carbocycles. The van der Waals surface area contributed by atoms with Crippen molar-refractivity contribution in [2.45, 2.75) is 30.1 Å². The Morgan fingerprint density at radius 1 is 1.18 bits per heavy atom. The van der Waals surface area contributed by atoms with Crippen LogP contribution in [0.2, 0.25) is 0 Å². The number of epoxide rings is 1. The van der Waals surface area contributed by atoms with E-state index in [1.807, 2.05) is 26.0 Å². The van der Waals surface area contributed by atoms with Crippen LogP contribution in [0.4, 0.5) is 0 Å². The Hall–Kier alpha value is -0.590. The Balaban J connectivity index is 2.31. The van der Waals surface area contributed by atoms with Gasteiger partial charge in [-0.15, -0.1) is 0 Å². The fourth-order valence-corrected chi connectivity index (χ4v) is 2.73. The highest BCUT2D eigenvalue weighted by molar-refractivity contribution is 8.23. The molecule has 5 heteroatoms. The van der Waals surface area contributed by atoms with Crippen LogP contribution in [0.25, 0.3) is 0 Å². The topological polar surface area (TPSA) is 62.2 Å². The van der Waals surface area contributed by atoms with Crippen molar-refractivity contribution in [1.82, 2.24) is 0 Å². The second-order valence-electron chi connectivity index (χ2n) is 4.79. The lowest BCUT2D eigenvalue weighted by molar-refractivity contribution is -0.0148. The Labute approximate surface area is 103 Å². The van der Waals surface area contributed by atoms with Crippen LogP contribution in [0, 0.1) is 0 Å². The number of methoxy groups -OCH3 is 1. The van der Waals surface area contributed by atoms with Crippen molar-refractivity contribution < 1.29 is 18.6 Å². The average molecular weight is 258 g/mol. The molecule has 17 heavy (non-hydrogen) atoms. The minimum atomic E-state index is -2.66. The summed E-state index contributed by atoms with van der Waals surface area (Å²) in [7, 11) is -1.05. The van der Waals surface area contributed by atoms with E-state index in [1.54, 1.807) is 19.2 Å². The van der Waals surface area contributed by atoms with E-state index in [1.165, 1.54) is 6.26 Å². The number of hydrogen-bond acceptors (Lipinski definition) is 4. The van der Waals surface area contributed by atoms with Gasteiger partial charge >= 0.3 is 0 Å². The van der Waals surface area contributed by atoms with E-state index in [0.29, 0.717) is 4.90 Å². The van der Waals surface area contributed by atoms with Crippen LogP contribution < -0.4 is 0 Å². The largest absolute Gasteiger partial charge is 0.347 e. The lowest BCUT2D eigenvalue weighted by Crippen LogP contribution is -2.20. The van der Waals surface area contributed by atoms with Gasteiger partial charge in [-0.05, 0) is 26.0 Å². The SMILES string of the molecule is COC1(c2ccc(S(C)(O)O)cc2)OC1(C)C. The zero-order chi connectivity index (χ0) is 12.9. The summed E-state index contributed by atoms with van der Waals surface area (Å²) in [5.74, 6) is -0.706. The molecule has 1 aliphatic heterocycles. The van der Waals surface area contributed by atoms with Crippen LogP contribution in [-0.2, 0) is 15.3 Å². The molecule has 0 amide bonds. The zero-order valence-electron chi connectivity index (χ0n) is 10.4. The smallest absolute Gasteiger partial charge is 0.225 e. The summed E-state index contributed by atoms with van der Waals surface area (Å²) in [6, 6.07) is 7.02. The molecule has 0 saturated carbocycles. The van der Waals surface area contributed by atoms with Crippen molar-refractivity contribution in [1.29, 1.82) is 0 Å². The first-order valence-corrected chi connectivity index (χ1v) is 7.27. The summed E-state index contributed by atoms with van der Waals surface area (Å²) >= 11 is 0. The zero-order valence-corrected chi connectivity index (χ0v) is 11.2. The molecule has 1 fully saturated rings. The minimum Gasteiger partial charge on any atom is -0.347 e. The van der Waals surface area contributed by atoms with Crippen molar-refractivity contribution in [2.75, 3.05) is 13.4 Å². The molecule has 1 saturated heterocycles. The number of rotatable bonds is 3. The lowest BCUT2D eigenvalue weighted by atomic mass is 9.99. The van der Waals surface area contributed by atoms with Crippen molar-refractivity contribution >= 4 is 10.6 Å². The van der Waals surface area contributed by atoms with Gasteiger partial charge in [0.05, 0.1) is 4.90 Å². The third-order valence-corrected chi connectivity index (χ3v) is 4.28. The highest BCUT2D eigenvalue weighted by atomic mass is 32.3. The Morgan fingerprint density at radius 3 is 1.94 bits per heavy atom. The van der Waals surface area contributed by atoms with Gasteiger partial charge in [0.25, 0.3) is 0 Å². The number of benzene rings is 1. The highest BCUT2D eigenvalue weighted by Crippen LogP contribution is 2.56. The van der Waals surface area contributed by atoms with Crippen molar-refractivity contribution in [3.63, 3.8) is 0 Å². The fourth-order valence-electron chi connectivity index (χ4n) is 2.08. The Morgan fingerprint density at radius 2 is 1.65 bits per heavy atom. The third-order valence-electron chi connectivity index (χ3n) is 3.12. The van der Waals surface area contributed by atoms with Gasteiger partial charge in [0, 0.05) is 18.9 Å². The monoisotopic (exact) mass is 258 g/mol. The molecule has 4 nitrogen and oxygen atoms in total. The Bertz CT molecular complexity index is 421. The van der Waals surface area contributed by atoms with Crippen molar-refractivity contribution in [2.24, 2.45) is 0 Å². The maximum Gasteiger partial charge on any atom is 0.225 e. The molecular weight excluding hydrogens is 240 g/mol. The van der Waals surface area contributed by atoms with Crippen LogP contribution in [0.5, 0.6) is 0 Å². The van der Waals surface area contributed by atoms with Crippen LogP contribution in [0.1, 0.15) is 19.4 Å². The predicted octanol–water partition coefficient (Wildman–Crippen LogP) is 3.03. The summed E-state index contributed by atoms with van der Waals surface area (Å²) in [6.07, 6.45) is 1.41. The fraction of sp³-hybridized carbons (Fsp3) is 0.500. The molecule has 0 aliphatic carbocycles. The minimum absolute atomic E-state index is 0.349. The van der Waals surface area contributed by atoms with E-state index in [2.05, 4.69) is 0 Å². The maximum atomic E-state index is 9.53. The first-order valence-electron chi connectivity index (χ1n) is 5.32. The molecule has 1 heterocycles. The molecule has 0 radical (unpaired) electrons. The van der Waals surface area contributed by atoms with E-state index in [9.17, 15) is 9.11 Å². The molecule has 1 aliphatic rings. The highest BCUT2D eigenvalue weighted by Gasteiger charge is 2.66. The van der Waals surface area contributed by atoms with E-state index >= 15 is 0 Å². The third kappa shape index (κ3) is 1.98. The van der Waals surface area contributed by atoms with Crippen LogP contribution in [0.3, 0.4) is 0 Å². The molecule has 1 atom stereocenters. The number of hydrogen-bond donors (Lipinski definition) is 2. The molecule has 2 N–H and O–H groups in total. The molecule has 0 bridgehead atoms. The van der Waals surface area contributed by atoms with E-state index in [4.69, 9.17) is 9.47 Å². The van der Waals surface area contributed by atoms with Crippen molar-refractivity contribution in [3.05, 3.63) is 29.8 Å². The van der Waals surface area contributed by atoms with E-state index < -0.39 is 16.4 Å². The van der Waals surface area contributed by atoms with Crippen LogP contribution >= 0.6 is 10.6 Å². The average Bonchev–Trinajstić information content (AvgIpc) is 2.81. The quantitative estimate of drug-likeness (QED) is 0.818. The van der Waals surface area contributed by atoms with Gasteiger partial charge in [0.15, 0.2) is 0 Å². The number of ether oxygens (including phenoxy) is 2. The van der Waals surface area contributed by atoms with Crippen LogP contribution in [-0.4, -0.2) is 28.1 Å². The molecule has 2 rings (SSSR count). The summed E-state index contributed by atoms with van der Waals surface area (Å²) in [4.78, 5) is 0.519. The van der Waals surface area contributed by atoms with E-state index in [-0.39, 0.29) is 5.60 Å². The Kier molecular flexibility index (Phi) is 2.80. The second kappa shape index (κ2) is 3.70. The van der Waals surface area contributed by atoms with Gasteiger partial charge in [-0.3, -0.25) is 9.11 Å². The summed E-state index contributed by atoms with van der Waals surface area (Å²) < 4.78 is 30.1. The molecule has 96 valence electrons. The van der Waals surface area contributed by atoms with Gasteiger partial charge in [0.2, 0.25) is 5.79 Å².